The Morgan fingerprint density at radius 2 is 2.12 bits per heavy atom. The van der Waals surface area contributed by atoms with Gasteiger partial charge in [0.05, 0.1) is 0 Å². The average Bonchev–Trinajstić information content (AvgIpc) is 2.61. The van der Waals surface area contributed by atoms with E-state index in [0.29, 0.717) is 12.8 Å². The lowest BCUT2D eigenvalue weighted by molar-refractivity contribution is -0.121. The lowest BCUT2D eigenvalue weighted by atomic mass is 10.0. The van der Waals surface area contributed by atoms with Crippen LogP contribution in [-0.2, 0) is 11.2 Å². The number of anilines is 1. The van der Waals surface area contributed by atoms with Gasteiger partial charge in [-0.1, -0.05) is 6.07 Å². The lowest BCUT2D eigenvalue weighted by Crippen LogP contribution is -2.47. The van der Waals surface area contributed by atoms with Crippen LogP contribution < -0.4 is 10.2 Å². The Hall–Kier alpha value is -2.43. The SMILES string of the molecule is O=C(CCc1ccncc1)NC1CCCN(c2cccc(F)c2)C1. The van der Waals surface area contributed by atoms with Crippen LogP contribution in [-0.4, -0.2) is 30.0 Å². The third-order valence-corrected chi connectivity index (χ3v) is 4.35. The molecule has 1 atom stereocenters. The summed E-state index contributed by atoms with van der Waals surface area (Å²) in [6, 6.07) is 10.6. The van der Waals surface area contributed by atoms with E-state index in [0.717, 1.165) is 37.2 Å². The number of aryl methyl sites for hydroxylation is 1. The first-order valence-electron chi connectivity index (χ1n) is 8.39. The molecule has 24 heavy (non-hydrogen) atoms. The molecule has 1 aromatic carbocycles. The number of aromatic nitrogens is 1. The van der Waals surface area contributed by atoms with E-state index in [1.165, 1.54) is 6.07 Å². The Balaban J connectivity index is 1.50. The Bertz CT molecular complexity index is 677. The monoisotopic (exact) mass is 327 g/mol. The van der Waals surface area contributed by atoms with Crippen LogP contribution in [0, 0.1) is 5.82 Å². The quantitative estimate of drug-likeness (QED) is 0.918. The number of halogens is 1. The van der Waals surface area contributed by atoms with Crippen LogP contribution in [0.5, 0.6) is 0 Å². The first kappa shape index (κ1) is 16.4. The van der Waals surface area contributed by atoms with E-state index in [1.807, 2.05) is 18.2 Å². The normalized spacial score (nSPS) is 17.5. The van der Waals surface area contributed by atoms with Gasteiger partial charge in [0, 0.05) is 43.6 Å². The number of piperidine rings is 1. The molecule has 1 saturated heterocycles. The van der Waals surface area contributed by atoms with Gasteiger partial charge in [-0.25, -0.2) is 4.39 Å². The fourth-order valence-electron chi connectivity index (χ4n) is 3.11. The van der Waals surface area contributed by atoms with Gasteiger partial charge < -0.3 is 10.2 Å². The molecule has 5 heteroatoms. The molecule has 0 radical (unpaired) electrons. The summed E-state index contributed by atoms with van der Waals surface area (Å²) in [5, 5.41) is 3.11. The number of rotatable bonds is 5. The lowest BCUT2D eigenvalue weighted by Gasteiger charge is -2.34. The van der Waals surface area contributed by atoms with Crippen molar-refractivity contribution in [3.05, 3.63) is 60.2 Å². The van der Waals surface area contributed by atoms with Crippen LogP contribution in [0.25, 0.3) is 0 Å². The smallest absolute Gasteiger partial charge is 0.220 e. The Morgan fingerprint density at radius 1 is 1.29 bits per heavy atom. The minimum absolute atomic E-state index is 0.0675. The van der Waals surface area contributed by atoms with Crippen LogP contribution in [0.15, 0.2) is 48.8 Å². The number of nitrogens with one attached hydrogen (secondary N) is 1. The molecule has 0 saturated carbocycles. The summed E-state index contributed by atoms with van der Waals surface area (Å²) >= 11 is 0. The highest BCUT2D eigenvalue weighted by Crippen LogP contribution is 2.20. The van der Waals surface area contributed by atoms with Crippen LogP contribution in [0.2, 0.25) is 0 Å². The van der Waals surface area contributed by atoms with Crippen molar-refractivity contribution in [1.82, 2.24) is 10.3 Å². The highest BCUT2D eigenvalue weighted by atomic mass is 19.1. The zero-order valence-electron chi connectivity index (χ0n) is 13.6. The van der Waals surface area contributed by atoms with Gasteiger partial charge in [-0.3, -0.25) is 9.78 Å². The molecule has 2 heterocycles. The van der Waals surface area contributed by atoms with Gasteiger partial charge in [-0.2, -0.15) is 0 Å². The average molecular weight is 327 g/mol. The zero-order valence-corrected chi connectivity index (χ0v) is 13.6. The minimum Gasteiger partial charge on any atom is -0.369 e. The third kappa shape index (κ3) is 4.54. The summed E-state index contributed by atoms with van der Waals surface area (Å²) in [6.45, 7) is 1.62. The highest BCUT2D eigenvalue weighted by Gasteiger charge is 2.21. The summed E-state index contributed by atoms with van der Waals surface area (Å²) in [4.78, 5) is 18.3. The Labute approximate surface area is 141 Å². The number of carbonyl (C=O) groups is 1. The van der Waals surface area contributed by atoms with E-state index in [9.17, 15) is 9.18 Å². The molecule has 1 N–H and O–H groups in total. The second-order valence-corrected chi connectivity index (χ2v) is 6.19. The van der Waals surface area contributed by atoms with Gasteiger partial charge in [0.25, 0.3) is 0 Å². The molecule has 2 aromatic rings. The number of hydrogen-bond acceptors (Lipinski definition) is 3. The molecule has 1 aliphatic rings. The molecule has 0 bridgehead atoms. The summed E-state index contributed by atoms with van der Waals surface area (Å²) < 4.78 is 13.4. The first-order chi connectivity index (χ1) is 11.7. The van der Waals surface area contributed by atoms with Crippen molar-refractivity contribution in [2.45, 2.75) is 31.7 Å². The van der Waals surface area contributed by atoms with Crippen LogP contribution in [0.1, 0.15) is 24.8 Å². The molecule has 1 unspecified atom stereocenters. The fourth-order valence-corrected chi connectivity index (χ4v) is 3.11. The second-order valence-electron chi connectivity index (χ2n) is 6.19. The van der Waals surface area contributed by atoms with Crippen molar-refractivity contribution in [2.24, 2.45) is 0 Å². The Kier molecular flexibility index (Phi) is 5.41. The number of nitrogens with zero attached hydrogens (tertiary/aromatic N) is 2. The second kappa shape index (κ2) is 7.90. The highest BCUT2D eigenvalue weighted by molar-refractivity contribution is 5.76. The van der Waals surface area contributed by atoms with Crippen molar-refractivity contribution >= 4 is 11.6 Å². The van der Waals surface area contributed by atoms with Gasteiger partial charge in [0.15, 0.2) is 0 Å². The van der Waals surface area contributed by atoms with Crippen molar-refractivity contribution in [3.8, 4) is 0 Å². The van der Waals surface area contributed by atoms with Crippen molar-refractivity contribution in [1.29, 1.82) is 0 Å². The van der Waals surface area contributed by atoms with E-state index < -0.39 is 0 Å². The van der Waals surface area contributed by atoms with E-state index in [4.69, 9.17) is 0 Å². The van der Waals surface area contributed by atoms with Crippen molar-refractivity contribution in [2.75, 3.05) is 18.0 Å². The fraction of sp³-hybridized carbons (Fsp3) is 0.368. The van der Waals surface area contributed by atoms with E-state index in [1.54, 1.807) is 24.5 Å². The van der Waals surface area contributed by atoms with Gasteiger partial charge >= 0.3 is 0 Å². The molecule has 3 rings (SSSR count). The maximum atomic E-state index is 13.4. The summed E-state index contributed by atoms with van der Waals surface area (Å²) in [5.41, 5.74) is 2.00. The number of hydrogen-bond donors (Lipinski definition) is 1. The summed E-state index contributed by atoms with van der Waals surface area (Å²) in [5.74, 6) is -0.158. The topological polar surface area (TPSA) is 45.2 Å². The molecule has 0 spiro atoms. The van der Waals surface area contributed by atoms with Crippen LogP contribution in [0.3, 0.4) is 0 Å². The molecular weight excluding hydrogens is 305 g/mol. The van der Waals surface area contributed by atoms with Gasteiger partial charge in [-0.05, 0) is 55.2 Å². The van der Waals surface area contributed by atoms with Gasteiger partial charge in [0.2, 0.25) is 5.91 Å². The predicted molar refractivity (Wildman–Crippen MR) is 92.3 cm³/mol. The minimum atomic E-state index is -0.226. The molecule has 126 valence electrons. The molecule has 1 aromatic heterocycles. The molecule has 1 aliphatic heterocycles. The number of benzene rings is 1. The predicted octanol–water partition coefficient (Wildman–Crippen LogP) is 2.94. The van der Waals surface area contributed by atoms with Crippen molar-refractivity contribution in [3.63, 3.8) is 0 Å². The molecule has 0 aliphatic carbocycles. The molecule has 4 nitrogen and oxygen atoms in total. The third-order valence-electron chi connectivity index (χ3n) is 4.35. The van der Waals surface area contributed by atoms with E-state index in [2.05, 4.69) is 15.2 Å². The first-order valence-corrected chi connectivity index (χ1v) is 8.39. The van der Waals surface area contributed by atoms with Crippen molar-refractivity contribution < 1.29 is 9.18 Å². The summed E-state index contributed by atoms with van der Waals surface area (Å²) in [7, 11) is 0. The maximum absolute atomic E-state index is 13.4. The summed E-state index contributed by atoms with van der Waals surface area (Å²) in [6.07, 6.45) is 6.63. The van der Waals surface area contributed by atoms with Crippen LogP contribution in [0.4, 0.5) is 10.1 Å². The van der Waals surface area contributed by atoms with E-state index >= 15 is 0 Å². The van der Waals surface area contributed by atoms with Gasteiger partial charge in [0.1, 0.15) is 5.82 Å². The molecular formula is C19H22FN3O. The van der Waals surface area contributed by atoms with Crippen LogP contribution >= 0.6 is 0 Å². The maximum Gasteiger partial charge on any atom is 0.220 e. The standard InChI is InChI=1S/C19H22FN3O/c20-16-3-1-5-18(13-16)23-12-2-4-17(14-23)22-19(24)7-6-15-8-10-21-11-9-15/h1,3,5,8-11,13,17H,2,4,6-7,12,14H2,(H,22,24). The number of pyridine rings is 1. The van der Waals surface area contributed by atoms with E-state index in [-0.39, 0.29) is 17.8 Å². The number of amides is 1. The largest absolute Gasteiger partial charge is 0.369 e. The molecule has 1 amide bonds. The number of carbonyl (C=O) groups excluding carboxylic acids is 1. The van der Waals surface area contributed by atoms with Gasteiger partial charge in [-0.15, -0.1) is 0 Å². The Morgan fingerprint density at radius 3 is 2.92 bits per heavy atom. The molecule has 1 fully saturated rings. The zero-order chi connectivity index (χ0) is 16.8.